The highest BCUT2D eigenvalue weighted by Gasteiger charge is 2.04. The molecule has 0 radical (unpaired) electrons. The highest BCUT2D eigenvalue weighted by Crippen LogP contribution is 2.27. The highest BCUT2D eigenvalue weighted by molar-refractivity contribution is 5.82. The first kappa shape index (κ1) is 13.8. The lowest BCUT2D eigenvalue weighted by molar-refractivity contribution is 0.249. The van der Waals surface area contributed by atoms with Crippen molar-refractivity contribution in [2.45, 2.75) is 13.8 Å². The fourth-order valence-corrected chi connectivity index (χ4v) is 1.32. The third-order valence-corrected chi connectivity index (χ3v) is 1.96. The van der Waals surface area contributed by atoms with Crippen LogP contribution >= 0.6 is 0 Å². The highest BCUT2D eigenvalue weighted by atomic mass is 16.5. The van der Waals surface area contributed by atoms with Crippen molar-refractivity contribution < 1.29 is 14.3 Å². The maximum absolute atomic E-state index is 10.5. The van der Waals surface area contributed by atoms with Gasteiger partial charge in [-0.2, -0.15) is 5.10 Å². The maximum atomic E-state index is 10.5. The number of primary amides is 1. The van der Waals surface area contributed by atoms with Gasteiger partial charge in [0.1, 0.15) is 0 Å². The van der Waals surface area contributed by atoms with Crippen LogP contribution in [0.5, 0.6) is 11.5 Å². The number of carbonyl (C=O) groups is 1. The molecule has 0 heterocycles. The van der Waals surface area contributed by atoms with Crippen LogP contribution in [0.15, 0.2) is 23.3 Å². The number of amides is 2. The Morgan fingerprint density at radius 2 is 2.00 bits per heavy atom. The summed E-state index contributed by atoms with van der Waals surface area (Å²) in [5.41, 5.74) is 7.78. The van der Waals surface area contributed by atoms with E-state index in [9.17, 15) is 4.79 Å². The maximum Gasteiger partial charge on any atom is 0.332 e. The third kappa shape index (κ3) is 4.32. The molecule has 0 saturated heterocycles. The van der Waals surface area contributed by atoms with E-state index in [1.165, 1.54) is 6.21 Å². The molecule has 0 aliphatic heterocycles. The molecule has 6 heteroatoms. The normalized spacial score (nSPS) is 10.3. The van der Waals surface area contributed by atoms with E-state index in [-0.39, 0.29) is 0 Å². The Morgan fingerprint density at radius 3 is 2.61 bits per heavy atom. The minimum Gasteiger partial charge on any atom is -0.490 e. The first-order valence-electron chi connectivity index (χ1n) is 5.65. The molecule has 0 aromatic heterocycles. The molecule has 0 aliphatic rings. The predicted octanol–water partition coefficient (Wildman–Crippen LogP) is 1.49. The van der Waals surface area contributed by atoms with E-state index in [0.29, 0.717) is 24.7 Å². The van der Waals surface area contributed by atoms with Crippen molar-refractivity contribution in [1.29, 1.82) is 0 Å². The molecule has 0 fully saturated rings. The van der Waals surface area contributed by atoms with Gasteiger partial charge in [0.15, 0.2) is 11.5 Å². The number of rotatable bonds is 6. The van der Waals surface area contributed by atoms with Crippen LogP contribution in [0.2, 0.25) is 0 Å². The molecule has 0 unspecified atom stereocenters. The topological polar surface area (TPSA) is 85.9 Å². The summed E-state index contributed by atoms with van der Waals surface area (Å²) in [7, 11) is 0. The summed E-state index contributed by atoms with van der Waals surface area (Å²) in [5, 5.41) is 3.67. The van der Waals surface area contributed by atoms with E-state index in [2.05, 4.69) is 10.5 Å². The summed E-state index contributed by atoms with van der Waals surface area (Å²) in [6.45, 7) is 4.91. The molecule has 6 nitrogen and oxygen atoms in total. The lowest BCUT2D eigenvalue weighted by atomic mass is 10.2. The molecular formula is C12H17N3O3. The summed E-state index contributed by atoms with van der Waals surface area (Å²) in [5.74, 6) is 1.32. The van der Waals surface area contributed by atoms with Crippen molar-refractivity contribution in [3.63, 3.8) is 0 Å². The number of nitrogens with one attached hydrogen (secondary N) is 1. The van der Waals surface area contributed by atoms with Crippen molar-refractivity contribution in [3.05, 3.63) is 23.8 Å². The average molecular weight is 251 g/mol. The van der Waals surface area contributed by atoms with E-state index >= 15 is 0 Å². The number of nitrogens with zero attached hydrogens (tertiary/aromatic N) is 1. The Hall–Kier alpha value is -2.24. The van der Waals surface area contributed by atoms with Crippen LogP contribution in [0.25, 0.3) is 0 Å². The van der Waals surface area contributed by atoms with E-state index in [4.69, 9.17) is 15.2 Å². The molecular weight excluding hydrogens is 234 g/mol. The Kier molecular flexibility index (Phi) is 5.50. The van der Waals surface area contributed by atoms with Crippen LogP contribution in [0, 0.1) is 0 Å². The number of nitrogens with two attached hydrogens (primary N) is 1. The second-order valence-electron chi connectivity index (χ2n) is 3.31. The fraction of sp³-hybridized carbons (Fsp3) is 0.333. The first-order chi connectivity index (χ1) is 8.67. The monoisotopic (exact) mass is 251 g/mol. The Labute approximate surface area is 106 Å². The van der Waals surface area contributed by atoms with Gasteiger partial charge < -0.3 is 15.2 Å². The van der Waals surface area contributed by atoms with Gasteiger partial charge in [0.2, 0.25) is 0 Å². The van der Waals surface area contributed by atoms with Crippen LogP contribution in [-0.2, 0) is 0 Å². The molecule has 3 N–H and O–H groups in total. The SMILES string of the molecule is CCOc1ccc(C=NNC(N)=O)cc1OCC. The summed E-state index contributed by atoms with van der Waals surface area (Å²) in [4.78, 5) is 10.5. The van der Waals surface area contributed by atoms with Crippen molar-refractivity contribution in [3.8, 4) is 11.5 Å². The summed E-state index contributed by atoms with van der Waals surface area (Å²) >= 11 is 0. The van der Waals surface area contributed by atoms with Gasteiger partial charge in [-0.1, -0.05) is 0 Å². The van der Waals surface area contributed by atoms with Crippen molar-refractivity contribution in [1.82, 2.24) is 5.43 Å². The number of carbonyl (C=O) groups excluding carboxylic acids is 1. The standard InChI is InChI=1S/C12H17N3O3/c1-3-17-10-6-5-9(7-11(10)18-4-2)8-14-15-12(13)16/h5-8H,3-4H2,1-2H3,(H3,13,15,16). The van der Waals surface area contributed by atoms with Crippen molar-refractivity contribution in [2.24, 2.45) is 10.8 Å². The summed E-state index contributed by atoms with van der Waals surface area (Å²) in [6.07, 6.45) is 1.48. The Balaban J connectivity index is 2.84. The van der Waals surface area contributed by atoms with Crippen molar-refractivity contribution in [2.75, 3.05) is 13.2 Å². The summed E-state index contributed by atoms with van der Waals surface area (Å²) in [6, 6.07) is 4.67. The van der Waals surface area contributed by atoms with Crippen LogP contribution in [0.3, 0.4) is 0 Å². The van der Waals surface area contributed by atoms with E-state index in [1.807, 2.05) is 13.8 Å². The van der Waals surface area contributed by atoms with Crippen LogP contribution in [-0.4, -0.2) is 25.5 Å². The largest absolute Gasteiger partial charge is 0.490 e. The molecule has 0 saturated carbocycles. The quantitative estimate of drug-likeness (QED) is 0.593. The Bertz CT molecular complexity index is 433. The number of hydrazone groups is 1. The van der Waals surface area contributed by atoms with Gasteiger partial charge in [-0.3, -0.25) is 0 Å². The predicted molar refractivity (Wildman–Crippen MR) is 69.1 cm³/mol. The molecule has 18 heavy (non-hydrogen) atoms. The van der Waals surface area contributed by atoms with Gasteiger partial charge in [-0.25, -0.2) is 10.2 Å². The second kappa shape index (κ2) is 7.16. The number of urea groups is 1. The van der Waals surface area contributed by atoms with Gasteiger partial charge in [0, 0.05) is 0 Å². The zero-order valence-electron chi connectivity index (χ0n) is 10.5. The van der Waals surface area contributed by atoms with Gasteiger partial charge in [-0.05, 0) is 37.6 Å². The lowest BCUT2D eigenvalue weighted by Gasteiger charge is -2.10. The molecule has 0 atom stereocenters. The zero-order valence-corrected chi connectivity index (χ0v) is 10.5. The lowest BCUT2D eigenvalue weighted by Crippen LogP contribution is -2.24. The average Bonchev–Trinajstić information content (AvgIpc) is 2.32. The van der Waals surface area contributed by atoms with Gasteiger partial charge in [0.05, 0.1) is 19.4 Å². The summed E-state index contributed by atoms with van der Waals surface area (Å²) < 4.78 is 10.9. The number of benzene rings is 1. The van der Waals surface area contributed by atoms with Crippen molar-refractivity contribution >= 4 is 12.2 Å². The van der Waals surface area contributed by atoms with Crippen LogP contribution in [0.4, 0.5) is 4.79 Å². The molecule has 0 aliphatic carbocycles. The molecule has 1 aromatic rings. The van der Waals surface area contributed by atoms with Gasteiger partial charge in [0.25, 0.3) is 0 Å². The van der Waals surface area contributed by atoms with Crippen LogP contribution in [0.1, 0.15) is 19.4 Å². The molecule has 0 bridgehead atoms. The molecule has 1 rings (SSSR count). The molecule has 1 aromatic carbocycles. The zero-order chi connectivity index (χ0) is 13.4. The minimum atomic E-state index is -0.706. The van der Waals surface area contributed by atoms with Gasteiger partial charge in [-0.15, -0.1) is 0 Å². The first-order valence-corrected chi connectivity index (χ1v) is 5.65. The van der Waals surface area contributed by atoms with E-state index < -0.39 is 6.03 Å². The fourth-order valence-electron chi connectivity index (χ4n) is 1.32. The smallest absolute Gasteiger partial charge is 0.332 e. The van der Waals surface area contributed by atoms with Crippen LogP contribution < -0.4 is 20.6 Å². The number of ether oxygens (including phenoxy) is 2. The number of hydrogen-bond acceptors (Lipinski definition) is 4. The minimum absolute atomic E-state index is 0.542. The van der Waals surface area contributed by atoms with Gasteiger partial charge >= 0.3 is 6.03 Å². The Morgan fingerprint density at radius 1 is 1.33 bits per heavy atom. The van der Waals surface area contributed by atoms with E-state index in [1.54, 1.807) is 18.2 Å². The molecule has 0 spiro atoms. The molecule has 2 amide bonds. The third-order valence-electron chi connectivity index (χ3n) is 1.96. The number of hydrogen-bond donors (Lipinski definition) is 2. The second-order valence-corrected chi connectivity index (χ2v) is 3.31. The van der Waals surface area contributed by atoms with E-state index in [0.717, 1.165) is 5.56 Å². The molecule has 98 valence electrons.